The maximum Gasteiger partial charge on any atom is 0.0564 e. The van der Waals surface area contributed by atoms with Gasteiger partial charge in [-0.15, -0.1) is 0 Å². The second-order valence-electron chi connectivity index (χ2n) is 5.18. The molecule has 3 nitrogen and oxygen atoms in total. The highest BCUT2D eigenvalue weighted by Gasteiger charge is 2.30. The van der Waals surface area contributed by atoms with E-state index in [0.717, 1.165) is 44.4 Å². The predicted molar refractivity (Wildman–Crippen MR) is 61.6 cm³/mol. The van der Waals surface area contributed by atoms with Gasteiger partial charge in [-0.3, -0.25) is 0 Å². The Labute approximate surface area is 92.6 Å². The van der Waals surface area contributed by atoms with Crippen LogP contribution in [-0.4, -0.2) is 41.8 Å². The van der Waals surface area contributed by atoms with E-state index in [1.54, 1.807) is 0 Å². The molecule has 1 saturated carbocycles. The second-order valence-corrected chi connectivity index (χ2v) is 5.18. The van der Waals surface area contributed by atoms with Gasteiger partial charge >= 0.3 is 0 Å². The molecule has 0 aromatic heterocycles. The van der Waals surface area contributed by atoms with E-state index < -0.39 is 0 Å². The van der Waals surface area contributed by atoms with Crippen LogP contribution in [0.4, 0.5) is 0 Å². The van der Waals surface area contributed by atoms with Gasteiger partial charge in [-0.1, -0.05) is 0 Å². The molecule has 3 heteroatoms. The Kier molecular flexibility index (Phi) is 4.00. The minimum absolute atomic E-state index is 0.0394. The Morgan fingerprint density at radius 2 is 1.87 bits per heavy atom. The summed E-state index contributed by atoms with van der Waals surface area (Å²) in [5, 5.41) is 9.46. The molecule has 0 amide bonds. The Morgan fingerprint density at radius 1 is 1.13 bits per heavy atom. The van der Waals surface area contributed by atoms with Gasteiger partial charge in [-0.05, 0) is 51.0 Å². The van der Waals surface area contributed by atoms with Crippen molar-refractivity contribution in [1.29, 1.82) is 0 Å². The van der Waals surface area contributed by atoms with Crippen molar-refractivity contribution >= 4 is 0 Å². The summed E-state index contributed by atoms with van der Waals surface area (Å²) in [6, 6.07) is 0.786. The quantitative estimate of drug-likeness (QED) is 0.732. The molecule has 1 saturated heterocycles. The van der Waals surface area contributed by atoms with E-state index in [4.69, 9.17) is 5.73 Å². The van der Waals surface area contributed by atoms with Crippen LogP contribution >= 0.6 is 0 Å². The van der Waals surface area contributed by atoms with E-state index >= 15 is 0 Å². The molecule has 2 rings (SSSR count). The smallest absolute Gasteiger partial charge is 0.0564 e. The number of nitrogens with zero attached hydrogens (tertiary/aromatic N) is 1. The number of hydrogen-bond acceptors (Lipinski definition) is 3. The molecule has 0 bridgehead atoms. The monoisotopic (exact) mass is 212 g/mol. The van der Waals surface area contributed by atoms with E-state index in [0.29, 0.717) is 0 Å². The number of aliphatic hydroxyl groups excluding tert-OH is 1. The molecule has 2 atom stereocenters. The number of aliphatic hydroxyl groups is 1. The predicted octanol–water partition coefficient (Wildman–Crippen LogP) is 0.961. The van der Waals surface area contributed by atoms with Crippen LogP contribution in [0.2, 0.25) is 0 Å². The number of likely N-dealkylation sites (tertiary alicyclic amines) is 1. The third-order valence-corrected chi connectivity index (χ3v) is 4.10. The lowest BCUT2D eigenvalue weighted by Crippen LogP contribution is -2.41. The highest BCUT2D eigenvalue weighted by Crippen LogP contribution is 2.32. The molecule has 0 aromatic rings. The molecule has 15 heavy (non-hydrogen) atoms. The lowest BCUT2D eigenvalue weighted by molar-refractivity contribution is 0.0611. The van der Waals surface area contributed by atoms with Crippen molar-refractivity contribution in [2.75, 3.05) is 19.6 Å². The first-order valence-corrected chi connectivity index (χ1v) is 6.41. The summed E-state index contributed by atoms with van der Waals surface area (Å²) in [6.07, 6.45) is 7.15. The highest BCUT2D eigenvalue weighted by atomic mass is 16.3. The molecule has 1 aliphatic heterocycles. The maximum atomic E-state index is 9.46. The molecule has 1 heterocycles. The molecule has 0 aromatic carbocycles. The van der Waals surface area contributed by atoms with Crippen LogP contribution < -0.4 is 5.73 Å². The SMILES string of the molecule is NCCC1CCC(N2CCC(O)CC2)C1. The molecule has 88 valence electrons. The fourth-order valence-electron chi connectivity index (χ4n) is 3.13. The minimum atomic E-state index is -0.0394. The van der Waals surface area contributed by atoms with Crippen molar-refractivity contribution in [3.8, 4) is 0 Å². The third kappa shape index (κ3) is 2.92. The van der Waals surface area contributed by atoms with Crippen molar-refractivity contribution in [1.82, 2.24) is 4.90 Å². The zero-order valence-corrected chi connectivity index (χ0v) is 9.57. The van der Waals surface area contributed by atoms with Crippen LogP contribution in [0.3, 0.4) is 0 Å². The lowest BCUT2D eigenvalue weighted by Gasteiger charge is -2.34. The zero-order valence-electron chi connectivity index (χ0n) is 9.57. The summed E-state index contributed by atoms with van der Waals surface area (Å²) in [5.41, 5.74) is 5.60. The third-order valence-electron chi connectivity index (χ3n) is 4.10. The number of piperidine rings is 1. The molecule has 3 N–H and O–H groups in total. The number of hydrogen-bond donors (Lipinski definition) is 2. The van der Waals surface area contributed by atoms with E-state index in [9.17, 15) is 5.11 Å². The largest absolute Gasteiger partial charge is 0.393 e. The van der Waals surface area contributed by atoms with E-state index in [-0.39, 0.29) is 6.10 Å². The summed E-state index contributed by atoms with van der Waals surface area (Å²) in [7, 11) is 0. The summed E-state index contributed by atoms with van der Waals surface area (Å²) >= 11 is 0. The van der Waals surface area contributed by atoms with Crippen LogP contribution in [0.5, 0.6) is 0 Å². The molecule has 0 radical (unpaired) electrons. The van der Waals surface area contributed by atoms with Crippen molar-refractivity contribution in [2.45, 2.75) is 50.7 Å². The van der Waals surface area contributed by atoms with Crippen LogP contribution in [0.1, 0.15) is 38.5 Å². The first-order valence-electron chi connectivity index (χ1n) is 6.41. The van der Waals surface area contributed by atoms with Crippen LogP contribution in [0, 0.1) is 5.92 Å². The minimum Gasteiger partial charge on any atom is -0.393 e. The summed E-state index contributed by atoms with van der Waals surface area (Å²) in [6.45, 7) is 3.04. The first kappa shape index (κ1) is 11.4. The lowest BCUT2D eigenvalue weighted by atomic mass is 10.0. The Hall–Kier alpha value is -0.120. The van der Waals surface area contributed by atoms with Gasteiger partial charge in [-0.25, -0.2) is 0 Å². The fourth-order valence-corrected chi connectivity index (χ4v) is 3.13. The number of nitrogens with two attached hydrogens (primary N) is 1. The fraction of sp³-hybridized carbons (Fsp3) is 1.00. The number of rotatable bonds is 3. The van der Waals surface area contributed by atoms with Crippen molar-refractivity contribution < 1.29 is 5.11 Å². The molecular weight excluding hydrogens is 188 g/mol. The van der Waals surface area contributed by atoms with Crippen LogP contribution in [-0.2, 0) is 0 Å². The van der Waals surface area contributed by atoms with Gasteiger partial charge in [0.2, 0.25) is 0 Å². The van der Waals surface area contributed by atoms with Crippen molar-refractivity contribution in [2.24, 2.45) is 11.7 Å². The maximum absolute atomic E-state index is 9.46. The molecule has 2 aliphatic rings. The van der Waals surface area contributed by atoms with Gasteiger partial charge in [0.1, 0.15) is 0 Å². The van der Waals surface area contributed by atoms with E-state index in [1.807, 2.05) is 0 Å². The van der Waals surface area contributed by atoms with Gasteiger partial charge in [0.15, 0.2) is 0 Å². The van der Waals surface area contributed by atoms with Crippen LogP contribution in [0.25, 0.3) is 0 Å². The van der Waals surface area contributed by atoms with Gasteiger partial charge < -0.3 is 15.7 Å². The topological polar surface area (TPSA) is 49.5 Å². The molecular formula is C12H24N2O. The van der Waals surface area contributed by atoms with Crippen molar-refractivity contribution in [3.05, 3.63) is 0 Å². The summed E-state index contributed by atoms with van der Waals surface area (Å²) in [5.74, 6) is 0.867. The highest BCUT2D eigenvalue weighted by molar-refractivity contribution is 4.85. The summed E-state index contributed by atoms with van der Waals surface area (Å²) in [4.78, 5) is 2.59. The van der Waals surface area contributed by atoms with Gasteiger partial charge in [0.05, 0.1) is 6.10 Å². The van der Waals surface area contributed by atoms with E-state index in [1.165, 1.54) is 25.7 Å². The van der Waals surface area contributed by atoms with Gasteiger partial charge in [0.25, 0.3) is 0 Å². The first-order chi connectivity index (χ1) is 7.29. The Morgan fingerprint density at radius 3 is 2.53 bits per heavy atom. The summed E-state index contributed by atoms with van der Waals surface area (Å²) < 4.78 is 0. The molecule has 0 spiro atoms. The Bertz CT molecular complexity index is 190. The van der Waals surface area contributed by atoms with Gasteiger partial charge in [0, 0.05) is 19.1 Å². The molecule has 1 aliphatic carbocycles. The zero-order chi connectivity index (χ0) is 10.7. The normalized spacial score (nSPS) is 34.8. The molecule has 2 fully saturated rings. The Balaban J connectivity index is 1.75. The van der Waals surface area contributed by atoms with Crippen LogP contribution in [0.15, 0.2) is 0 Å². The van der Waals surface area contributed by atoms with Gasteiger partial charge in [-0.2, -0.15) is 0 Å². The van der Waals surface area contributed by atoms with E-state index in [2.05, 4.69) is 4.90 Å². The standard InChI is InChI=1S/C12H24N2O/c13-6-3-10-1-2-11(9-10)14-7-4-12(15)5-8-14/h10-12,15H,1-9,13H2. The molecule has 2 unspecified atom stereocenters. The second kappa shape index (κ2) is 5.28. The van der Waals surface area contributed by atoms with Crippen molar-refractivity contribution in [3.63, 3.8) is 0 Å². The average molecular weight is 212 g/mol. The average Bonchev–Trinajstić information content (AvgIpc) is 2.68.